The van der Waals surface area contributed by atoms with Crippen LogP contribution in [0.4, 0.5) is 5.82 Å². The number of H-pyrrole nitrogens is 1. The third-order valence-electron chi connectivity index (χ3n) is 4.19. The van der Waals surface area contributed by atoms with Crippen molar-refractivity contribution in [3.05, 3.63) is 82.3 Å². The molecule has 1 heterocycles. The van der Waals surface area contributed by atoms with Crippen LogP contribution in [0.25, 0.3) is 10.9 Å². The number of aromatic nitrogens is 2. The minimum atomic E-state index is -4.17. The first-order chi connectivity index (χ1) is 14.3. The maximum Gasteiger partial charge on any atom is 0.339 e. The first kappa shape index (κ1) is 20.2. The highest BCUT2D eigenvalue weighted by Crippen LogP contribution is 2.30. The largest absolute Gasteiger partial charge is 0.379 e. The number of hydrogen-bond donors (Lipinski definition) is 2. The van der Waals surface area contributed by atoms with Crippen molar-refractivity contribution in [2.45, 2.75) is 4.90 Å². The maximum atomic E-state index is 12.7. The van der Waals surface area contributed by atoms with Gasteiger partial charge in [0.1, 0.15) is 10.6 Å². The Labute approximate surface area is 181 Å². The van der Waals surface area contributed by atoms with Gasteiger partial charge < -0.3 is 9.50 Å². The average Bonchev–Trinajstić information content (AvgIpc) is 3.13. The zero-order valence-corrected chi connectivity index (χ0v) is 17.4. The number of hydrogen-bond acceptors (Lipinski definition) is 5. The molecule has 4 aromatic rings. The second-order valence-corrected chi connectivity index (χ2v) is 8.57. The summed E-state index contributed by atoms with van der Waals surface area (Å²) in [6.45, 7) is 0. The van der Waals surface area contributed by atoms with Crippen LogP contribution < -0.4 is 9.50 Å². The quantitative estimate of drug-likeness (QED) is 0.412. The van der Waals surface area contributed by atoms with Crippen LogP contribution in [0.3, 0.4) is 0 Å². The Balaban J connectivity index is 1.64. The number of aromatic amines is 1. The molecule has 4 rings (SSSR count). The third kappa shape index (κ3) is 4.11. The molecule has 0 aliphatic heterocycles. The molecule has 0 bridgehead atoms. The highest BCUT2D eigenvalue weighted by Gasteiger charge is 2.20. The Morgan fingerprint density at radius 3 is 2.47 bits per heavy atom. The fraction of sp³-hybridized carbons (Fsp3) is 0. The number of carbonyl (C=O) groups excluding carboxylic acids is 1. The lowest BCUT2D eigenvalue weighted by Crippen LogP contribution is -2.12. The Kier molecular flexibility index (Phi) is 5.38. The van der Waals surface area contributed by atoms with Crippen molar-refractivity contribution < 1.29 is 17.4 Å². The molecule has 0 aliphatic rings. The summed E-state index contributed by atoms with van der Waals surface area (Å²) in [4.78, 5) is 12.3. The smallest absolute Gasteiger partial charge is 0.339 e. The van der Waals surface area contributed by atoms with E-state index in [1.165, 1.54) is 36.4 Å². The van der Waals surface area contributed by atoms with E-state index in [0.717, 1.165) is 0 Å². The van der Waals surface area contributed by atoms with Gasteiger partial charge in [-0.05, 0) is 42.5 Å². The standard InChI is InChI=1S/C20H13Cl2N3O4S/c21-16-8-6-13(10-17(16)22)29-30(27,28)14-7-9-18-15(11-14)19(25-24-18)23-20(26)12-4-2-1-3-5-12/h1-11H,(H2,23,24,25,26). The molecule has 0 radical (unpaired) electrons. The van der Waals surface area contributed by atoms with E-state index in [1.807, 2.05) is 0 Å². The molecule has 7 nitrogen and oxygen atoms in total. The van der Waals surface area contributed by atoms with Crippen LogP contribution in [0.2, 0.25) is 10.0 Å². The first-order valence-corrected chi connectivity index (χ1v) is 10.7. The number of carbonyl (C=O) groups is 1. The van der Waals surface area contributed by atoms with Crippen LogP contribution in [-0.4, -0.2) is 24.5 Å². The molecule has 1 amide bonds. The van der Waals surface area contributed by atoms with E-state index < -0.39 is 10.1 Å². The summed E-state index contributed by atoms with van der Waals surface area (Å²) in [5.41, 5.74) is 0.993. The lowest BCUT2D eigenvalue weighted by Gasteiger charge is -2.08. The molecule has 0 spiro atoms. The number of nitrogens with zero attached hydrogens (tertiary/aromatic N) is 1. The fourth-order valence-electron chi connectivity index (χ4n) is 2.72. The predicted octanol–water partition coefficient (Wildman–Crippen LogP) is 4.89. The van der Waals surface area contributed by atoms with Crippen molar-refractivity contribution >= 4 is 55.9 Å². The zero-order valence-electron chi connectivity index (χ0n) is 15.1. The Morgan fingerprint density at radius 2 is 1.73 bits per heavy atom. The average molecular weight is 462 g/mol. The van der Waals surface area contributed by atoms with Crippen LogP contribution in [0.15, 0.2) is 71.6 Å². The predicted molar refractivity (Wildman–Crippen MR) is 115 cm³/mol. The van der Waals surface area contributed by atoms with E-state index in [-0.39, 0.29) is 32.4 Å². The van der Waals surface area contributed by atoms with Gasteiger partial charge in [0.15, 0.2) is 5.82 Å². The Bertz CT molecular complexity index is 1360. The van der Waals surface area contributed by atoms with Crippen molar-refractivity contribution in [3.63, 3.8) is 0 Å². The van der Waals surface area contributed by atoms with Gasteiger partial charge in [-0.15, -0.1) is 0 Å². The molecule has 0 unspecified atom stereocenters. The molecule has 152 valence electrons. The maximum absolute atomic E-state index is 12.7. The molecular weight excluding hydrogens is 449 g/mol. The van der Waals surface area contributed by atoms with Crippen molar-refractivity contribution in [1.29, 1.82) is 0 Å². The molecule has 30 heavy (non-hydrogen) atoms. The highest BCUT2D eigenvalue weighted by atomic mass is 35.5. The van der Waals surface area contributed by atoms with E-state index >= 15 is 0 Å². The number of amides is 1. The van der Waals surface area contributed by atoms with Gasteiger partial charge in [-0.1, -0.05) is 41.4 Å². The fourth-order valence-corrected chi connectivity index (χ4v) is 3.95. The minimum Gasteiger partial charge on any atom is -0.379 e. The monoisotopic (exact) mass is 461 g/mol. The van der Waals surface area contributed by atoms with E-state index in [0.29, 0.717) is 16.5 Å². The normalized spacial score (nSPS) is 11.4. The van der Waals surface area contributed by atoms with Gasteiger partial charge in [-0.2, -0.15) is 13.5 Å². The number of halogens is 2. The van der Waals surface area contributed by atoms with Crippen LogP contribution in [0.5, 0.6) is 5.75 Å². The highest BCUT2D eigenvalue weighted by molar-refractivity contribution is 7.87. The molecule has 10 heteroatoms. The van der Waals surface area contributed by atoms with E-state index in [4.69, 9.17) is 27.4 Å². The van der Waals surface area contributed by atoms with E-state index in [9.17, 15) is 13.2 Å². The summed E-state index contributed by atoms with van der Waals surface area (Å²) < 4.78 is 30.6. The Morgan fingerprint density at radius 1 is 0.967 bits per heavy atom. The van der Waals surface area contributed by atoms with E-state index in [1.54, 1.807) is 30.3 Å². The molecule has 3 aromatic carbocycles. The molecule has 0 aliphatic carbocycles. The summed E-state index contributed by atoms with van der Waals surface area (Å²) in [5.74, 6) is -0.149. The van der Waals surface area contributed by atoms with Gasteiger partial charge >= 0.3 is 10.1 Å². The van der Waals surface area contributed by atoms with E-state index in [2.05, 4.69) is 15.5 Å². The van der Waals surface area contributed by atoms with Crippen molar-refractivity contribution in [2.24, 2.45) is 0 Å². The Hall–Kier alpha value is -3.07. The van der Waals surface area contributed by atoms with Crippen LogP contribution in [0, 0.1) is 0 Å². The number of nitrogens with one attached hydrogen (secondary N) is 2. The summed E-state index contributed by atoms with van der Waals surface area (Å²) in [7, 11) is -4.17. The molecular formula is C20H13Cl2N3O4S. The minimum absolute atomic E-state index is 0.0225. The van der Waals surface area contributed by atoms with Gasteiger partial charge in [-0.25, -0.2) is 0 Å². The summed E-state index contributed by atoms with van der Waals surface area (Å²) >= 11 is 11.8. The lowest BCUT2D eigenvalue weighted by atomic mass is 10.2. The van der Waals surface area contributed by atoms with Gasteiger partial charge in [0.25, 0.3) is 5.91 Å². The van der Waals surface area contributed by atoms with Crippen LogP contribution >= 0.6 is 23.2 Å². The second kappa shape index (κ2) is 7.98. The number of anilines is 1. The topological polar surface area (TPSA) is 101 Å². The van der Waals surface area contributed by atoms with Crippen LogP contribution in [-0.2, 0) is 10.1 Å². The van der Waals surface area contributed by atoms with Gasteiger partial charge in [0, 0.05) is 17.0 Å². The summed E-state index contributed by atoms with van der Waals surface area (Å²) in [6, 6.07) is 17.0. The van der Waals surface area contributed by atoms with Crippen molar-refractivity contribution in [1.82, 2.24) is 10.2 Å². The number of benzene rings is 3. The summed E-state index contributed by atoms with van der Waals surface area (Å²) in [5, 5.41) is 10.4. The lowest BCUT2D eigenvalue weighted by molar-refractivity contribution is 0.102. The number of rotatable bonds is 5. The van der Waals surface area contributed by atoms with Crippen LogP contribution in [0.1, 0.15) is 10.4 Å². The second-order valence-electron chi connectivity index (χ2n) is 6.21. The molecule has 0 atom stereocenters. The molecule has 0 saturated heterocycles. The molecule has 0 fully saturated rings. The SMILES string of the molecule is O=C(Nc1n[nH]c2ccc(S(=O)(=O)Oc3ccc(Cl)c(Cl)c3)cc12)c1ccccc1. The molecule has 0 saturated carbocycles. The van der Waals surface area contributed by atoms with Gasteiger partial charge in [-0.3, -0.25) is 9.89 Å². The van der Waals surface area contributed by atoms with Gasteiger partial charge in [0.2, 0.25) is 0 Å². The summed E-state index contributed by atoms with van der Waals surface area (Å²) in [6.07, 6.45) is 0. The van der Waals surface area contributed by atoms with Gasteiger partial charge in [0.05, 0.1) is 15.6 Å². The number of fused-ring (bicyclic) bond motifs is 1. The van der Waals surface area contributed by atoms with Crippen molar-refractivity contribution in [3.8, 4) is 5.75 Å². The molecule has 1 aromatic heterocycles. The van der Waals surface area contributed by atoms with Crippen molar-refractivity contribution in [2.75, 3.05) is 5.32 Å². The zero-order chi connectivity index (χ0) is 21.3. The first-order valence-electron chi connectivity index (χ1n) is 8.57. The third-order valence-corrected chi connectivity index (χ3v) is 6.17. The molecule has 2 N–H and O–H groups in total.